The van der Waals surface area contributed by atoms with Crippen LogP contribution in [0.5, 0.6) is 0 Å². The van der Waals surface area contributed by atoms with Gasteiger partial charge in [0, 0.05) is 15.1 Å². The summed E-state index contributed by atoms with van der Waals surface area (Å²) in [6.45, 7) is 2.09. The number of benzene rings is 2. The number of halogens is 1. The summed E-state index contributed by atoms with van der Waals surface area (Å²) in [6, 6.07) is 18.9. The first-order valence-electron chi connectivity index (χ1n) is 7.85. The molecule has 0 fully saturated rings. The molecule has 2 rings (SSSR count). The van der Waals surface area contributed by atoms with E-state index < -0.39 is 13.2 Å². The van der Waals surface area contributed by atoms with Gasteiger partial charge < -0.3 is 9.67 Å². The highest BCUT2D eigenvalue weighted by atomic mass is 79.9. The van der Waals surface area contributed by atoms with Gasteiger partial charge in [-0.2, -0.15) is 0 Å². The van der Waals surface area contributed by atoms with Gasteiger partial charge in [-0.25, -0.2) is 0 Å². The maximum atomic E-state index is 13.8. The average molecular weight is 393 g/mol. The van der Waals surface area contributed by atoms with Crippen LogP contribution in [0.3, 0.4) is 0 Å². The van der Waals surface area contributed by atoms with Crippen molar-refractivity contribution in [1.29, 1.82) is 0 Å². The molecule has 0 amide bonds. The highest BCUT2D eigenvalue weighted by Gasteiger charge is 2.26. The normalized spacial score (nSPS) is 13.8. The molecule has 0 heterocycles. The van der Waals surface area contributed by atoms with Crippen LogP contribution in [0.15, 0.2) is 71.0 Å². The molecule has 0 radical (unpaired) electrons. The Bertz CT molecular complexity index is 640. The fourth-order valence-corrected chi connectivity index (χ4v) is 5.83. The first-order valence-corrected chi connectivity index (χ1v) is 10.4. The largest absolute Gasteiger partial charge is 0.388 e. The molecule has 2 aromatic rings. The monoisotopic (exact) mass is 392 g/mol. The molecular formula is C19H22BrO2P. The molecule has 0 saturated carbocycles. The van der Waals surface area contributed by atoms with E-state index in [9.17, 15) is 9.67 Å². The number of rotatable bonds is 7. The number of aliphatic hydroxyl groups is 1. The summed E-state index contributed by atoms with van der Waals surface area (Å²) in [6.07, 6.45) is 2.00. The fraction of sp³-hybridized carbons (Fsp3) is 0.263. The van der Waals surface area contributed by atoms with Crippen molar-refractivity contribution in [3.63, 3.8) is 0 Å². The third-order valence-electron chi connectivity index (χ3n) is 3.73. The van der Waals surface area contributed by atoms with E-state index in [1.54, 1.807) is 5.82 Å². The summed E-state index contributed by atoms with van der Waals surface area (Å²) in [5.41, 5.74) is 0. The molecule has 4 heteroatoms. The van der Waals surface area contributed by atoms with E-state index in [-0.39, 0.29) is 0 Å². The fourth-order valence-electron chi connectivity index (χ4n) is 2.39. The second-order valence-corrected chi connectivity index (χ2v) is 9.02. The SMILES string of the molecule is CCCCC(O)/C(Br)=C\P(=O)(c1ccccc1)c1ccccc1. The Morgan fingerprint density at radius 1 is 1.09 bits per heavy atom. The van der Waals surface area contributed by atoms with Crippen molar-refractivity contribution in [2.24, 2.45) is 0 Å². The van der Waals surface area contributed by atoms with Crippen LogP contribution in [0.2, 0.25) is 0 Å². The minimum atomic E-state index is -2.94. The number of aliphatic hydroxyl groups excluding tert-OH is 1. The number of unbranched alkanes of at least 4 members (excludes halogenated alkanes) is 1. The zero-order valence-corrected chi connectivity index (χ0v) is 15.7. The van der Waals surface area contributed by atoms with E-state index >= 15 is 0 Å². The molecule has 1 N–H and O–H groups in total. The Balaban J connectivity index is 2.45. The number of hydrogen-bond acceptors (Lipinski definition) is 2. The van der Waals surface area contributed by atoms with Gasteiger partial charge in [-0.05, 0) is 12.2 Å². The third kappa shape index (κ3) is 4.67. The van der Waals surface area contributed by atoms with Crippen LogP contribution in [-0.2, 0) is 4.57 Å². The summed E-state index contributed by atoms with van der Waals surface area (Å²) >= 11 is 3.44. The van der Waals surface area contributed by atoms with Gasteiger partial charge in [0.15, 0.2) is 7.14 Å². The molecule has 0 aliphatic heterocycles. The maximum Gasteiger partial charge on any atom is 0.165 e. The Morgan fingerprint density at radius 2 is 1.57 bits per heavy atom. The smallest absolute Gasteiger partial charge is 0.165 e. The molecule has 2 aromatic carbocycles. The van der Waals surface area contributed by atoms with Gasteiger partial charge in [-0.1, -0.05) is 96.4 Å². The zero-order chi connectivity index (χ0) is 16.7. The minimum absolute atomic E-state index is 0.599. The van der Waals surface area contributed by atoms with Gasteiger partial charge in [0.2, 0.25) is 0 Å². The standard InChI is InChI=1S/C19H22BrO2P/c1-2-3-14-19(21)18(20)15-23(22,16-10-6-4-7-11-16)17-12-8-5-9-13-17/h4-13,15,19,21H,2-3,14H2,1H3/b18-15+. The van der Waals surface area contributed by atoms with Crippen LogP contribution in [0.1, 0.15) is 26.2 Å². The molecule has 0 bridgehead atoms. The molecule has 2 nitrogen and oxygen atoms in total. The first kappa shape index (κ1) is 18.2. The van der Waals surface area contributed by atoms with Gasteiger partial charge in [0.25, 0.3) is 0 Å². The molecule has 23 heavy (non-hydrogen) atoms. The summed E-state index contributed by atoms with van der Waals surface area (Å²) < 4.78 is 14.4. The summed E-state index contributed by atoms with van der Waals surface area (Å²) in [7, 11) is -2.94. The average Bonchev–Trinajstić information content (AvgIpc) is 2.61. The van der Waals surface area contributed by atoms with E-state index in [1.165, 1.54) is 0 Å². The van der Waals surface area contributed by atoms with Crippen molar-refractivity contribution < 1.29 is 9.67 Å². The van der Waals surface area contributed by atoms with E-state index in [2.05, 4.69) is 22.9 Å². The maximum absolute atomic E-state index is 13.8. The summed E-state index contributed by atoms with van der Waals surface area (Å²) in [5.74, 6) is 1.71. The van der Waals surface area contributed by atoms with Crippen LogP contribution >= 0.6 is 23.1 Å². The molecule has 1 unspecified atom stereocenters. The van der Waals surface area contributed by atoms with Crippen molar-refractivity contribution in [3.05, 3.63) is 71.0 Å². The molecular weight excluding hydrogens is 371 g/mol. The predicted molar refractivity (Wildman–Crippen MR) is 102 cm³/mol. The highest BCUT2D eigenvalue weighted by Crippen LogP contribution is 2.47. The lowest BCUT2D eigenvalue weighted by atomic mass is 10.2. The van der Waals surface area contributed by atoms with Crippen LogP contribution in [0.4, 0.5) is 0 Å². The van der Waals surface area contributed by atoms with Crippen molar-refractivity contribution in [2.75, 3.05) is 0 Å². The lowest BCUT2D eigenvalue weighted by molar-refractivity contribution is 0.206. The highest BCUT2D eigenvalue weighted by molar-refractivity contribution is 9.11. The van der Waals surface area contributed by atoms with Crippen molar-refractivity contribution in [1.82, 2.24) is 0 Å². The van der Waals surface area contributed by atoms with Crippen LogP contribution in [0.25, 0.3) is 0 Å². The van der Waals surface area contributed by atoms with Crippen LogP contribution in [-0.4, -0.2) is 11.2 Å². The lowest BCUT2D eigenvalue weighted by Gasteiger charge is -2.18. The summed E-state index contributed by atoms with van der Waals surface area (Å²) in [4.78, 5) is 0. The van der Waals surface area contributed by atoms with Crippen molar-refractivity contribution in [3.8, 4) is 0 Å². The second kappa shape index (κ2) is 8.63. The lowest BCUT2D eigenvalue weighted by Crippen LogP contribution is -2.15. The Kier molecular flexibility index (Phi) is 6.83. The molecule has 1 atom stereocenters. The van der Waals surface area contributed by atoms with Gasteiger partial charge in [0.1, 0.15) is 0 Å². The Morgan fingerprint density at radius 3 is 2.00 bits per heavy atom. The molecule has 122 valence electrons. The molecule has 0 aliphatic rings. The Labute approximate surface area is 146 Å². The van der Waals surface area contributed by atoms with E-state index in [0.717, 1.165) is 23.5 Å². The second-order valence-electron chi connectivity index (χ2n) is 5.50. The molecule has 0 aromatic heterocycles. The Hall–Kier alpha value is -1.15. The quantitative estimate of drug-likeness (QED) is 0.687. The number of hydrogen-bond donors (Lipinski definition) is 1. The van der Waals surface area contributed by atoms with Crippen molar-refractivity contribution in [2.45, 2.75) is 32.3 Å². The summed E-state index contributed by atoms with van der Waals surface area (Å²) in [5, 5.41) is 11.8. The van der Waals surface area contributed by atoms with E-state index in [4.69, 9.17) is 0 Å². The molecule has 0 spiro atoms. The van der Waals surface area contributed by atoms with E-state index in [0.29, 0.717) is 10.9 Å². The molecule has 0 saturated heterocycles. The topological polar surface area (TPSA) is 37.3 Å². The first-order chi connectivity index (χ1) is 11.1. The van der Waals surface area contributed by atoms with Gasteiger partial charge in [0.05, 0.1) is 6.10 Å². The molecule has 0 aliphatic carbocycles. The van der Waals surface area contributed by atoms with E-state index in [1.807, 2.05) is 60.7 Å². The van der Waals surface area contributed by atoms with Gasteiger partial charge >= 0.3 is 0 Å². The zero-order valence-electron chi connectivity index (χ0n) is 13.2. The van der Waals surface area contributed by atoms with Crippen LogP contribution in [0, 0.1) is 0 Å². The predicted octanol–water partition coefficient (Wildman–Crippen LogP) is 4.79. The van der Waals surface area contributed by atoms with Gasteiger partial charge in [-0.15, -0.1) is 0 Å². The van der Waals surface area contributed by atoms with Gasteiger partial charge in [-0.3, -0.25) is 0 Å². The van der Waals surface area contributed by atoms with Crippen molar-refractivity contribution >= 4 is 33.7 Å². The third-order valence-corrected chi connectivity index (χ3v) is 7.62. The van der Waals surface area contributed by atoms with Crippen LogP contribution < -0.4 is 10.6 Å². The minimum Gasteiger partial charge on any atom is -0.388 e.